The fraction of sp³-hybridized carbons (Fsp3) is 0.640. The Hall–Kier alpha value is -2.57. The molecule has 0 radical (unpaired) electrons. The van der Waals surface area contributed by atoms with Crippen molar-refractivity contribution in [3.8, 4) is 5.75 Å². The minimum atomic E-state index is -1.11. The number of rotatable bonds is 2. The minimum Gasteiger partial charge on any atom is -0.494 e. The Bertz CT molecular complexity index is 732. The molecule has 1 aromatic rings. The lowest BCUT2D eigenvalue weighted by Gasteiger charge is -2.24. The van der Waals surface area contributed by atoms with Crippen molar-refractivity contribution < 1.29 is 24.2 Å². The van der Waals surface area contributed by atoms with E-state index >= 15 is 0 Å². The van der Waals surface area contributed by atoms with Gasteiger partial charge in [-0.05, 0) is 36.5 Å². The normalized spacial score (nSPS) is 22.7. The van der Waals surface area contributed by atoms with Gasteiger partial charge in [-0.3, -0.25) is 9.59 Å². The van der Waals surface area contributed by atoms with Crippen molar-refractivity contribution in [2.24, 2.45) is 5.92 Å². The molecule has 2 aliphatic rings. The third-order valence-electron chi connectivity index (χ3n) is 5.81. The molecular formula is C25H38N2O5. The maximum absolute atomic E-state index is 12.8. The van der Waals surface area contributed by atoms with Gasteiger partial charge in [-0.1, -0.05) is 64.5 Å². The van der Waals surface area contributed by atoms with Crippen LogP contribution in [0.3, 0.4) is 0 Å². The largest absolute Gasteiger partial charge is 0.494 e. The topological polar surface area (TPSA) is 105 Å². The Balaban J connectivity index is 2.09. The van der Waals surface area contributed by atoms with E-state index in [0.717, 1.165) is 49.8 Å². The highest BCUT2D eigenvalue weighted by molar-refractivity contribution is 5.90. The van der Waals surface area contributed by atoms with E-state index in [0.29, 0.717) is 13.0 Å². The van der Waals surface area contributed by atoms with Crippen molar-refractivity contribution in [1.82, 2.24) is 10.6 Å². The van der Waals surface area contributed by atoms with Gasteiger partial charge in [-0.2, -0.15) is 0 Å². The van der Waals surface area contributed by atoms with Crippen LogP contribution in [0.25, 0.3) is 0 Å². The van der Waals surface area contributed by atoms with E-state index in [1.165, 1.54) is 12.8 Å². The van der Waals surface area contributed by atoms with E-state index in [1.807, 2.05) is 38.1 Å². The SMILES string of the molecule is CC(C)[C@@H]1NC(=O)CCCCCCCCCCOc2ccc(cc2)C[C@@H](C(=O)O)NC1=O. The monoisotopic (exact) mass is 446 g/mol. The van der Waals surface area contributed by atoms with E-state index in [2.05, 4.69) is 10.6 Å². The molecule has 2 amide bonds. The minimum absolute atomic E-state index is 0.153. The van der Waals surface area contributed by atoms with Gasteiger partial charge in [0.15, 0.2) is 0 Å². The Morgan fingerprint density at radius 3 is 2.12 bits per heavy atom. The molecule has 0 saturated heterocycles. The van der Waals surface area contributed by atoms with E-state index < -0.39 is 24.0 Å². The molecule has 3 rings (SSSR count). The highest BCUT2D eigenvalue weighted by Gasteiger charge is 2.28. The van der Waals surface area contributed by atoms with Crippen molar-refractivity contribution in [2.75, 3.05) is 6.61 Å². The summed E-state index contributed by atoms with van der Waals surface area (Å²) >= 11 is 0. The number of ether oxygens (including phenoxy) is 1. The molecular weight excluding hydrogens is 408 g/mol. The number of nitrogens with one attached hydrogen (secondary N) is 2. The van der Waals surface area contributed by atoms with Gasteiger partial charge in [0, 0.05) is 12.8 Å². The van der Waals surface area contributed by atoms with E-state index in [9.17, 15) is 19.5 Å². The van der Waals surface area contributed by atoms with Crippen LogP contribution in [-0.2, 0) is 20.8 Å². The van der Waals surface area contributed by atoms with Crippen LogP contribution in [-0.4, -0.2) is 41.6 Å². The quantitative estimate of drug-likeness (QED) is 0.640. The first-order chi connectivity index (χ1) is 15.4. The number of carbonyl (C=O) groups excluding carboxylic acids is 2. The standard InChI is InChI=1S/C25H38N2O5/c1-18(2)23-24(29)26-21(25(30)31)17-19-12-14-20(15-13-19)32-16-10-8-6-4-3-5-7-9-11-22(28)27-23/h12-15,18,21,23H,3-11,16-17H2,1-2H3,(H,26,29)(H,27,28)(H,30,31)/t21-,23-/m0/s1. The molecule has 0 unspecified atom stereocenters. The fourth-order valence-corrected chi connectivity index (χ4v) is 3.84. The van der Waals surface area contributed by atoms with E-state index in [1.54, 1.807) is 0 Å². The molecule has 0 saturated carbocycles. The molecule has 1 aromatic carbocycles. The van der Waals surface area contributed by atoms with Gasteiger partial charge in [-0.15, -0.1) is 0 Å². The molecule has 178 valence electrons. The number of aliphatic carboxylic acids is 1. The molecule has 2 bridgehead atoms. The number of benzene rings is 1. The predicted molar refractivity (Wildman–Crippen MR) is 124 cm³/mol. The molecule has 7 nitrogen and oxygen atoms in total. The van der Waals surface area contributed by atoms with Gasteiger partial charge < -0.3 is 20.5 Å². The van der Waals surface area contributed by atoms with Crippen molar-refractivity contribution in [3.05, 3.63) is 29.8 Å². The zero-order chi connectivity index (χ0) is 23.3. The van der Waals surface area contributed by atoms with Crippen LogP contribution >= 0.6 is 0 Å². The van der Waals surface area contributed by atoms with Crippen molar-refractivity contribution in [3.63, 3.8) is 0 Å². The van der Waals surface area contributed by atoms with Gasteiger partial charge in [0.2, 0.25) is 11.8 Å². The molecule has 2 atom stereocenters. The highest BCUT2D eigenvalue weighted by atomic mass is 16.5. The molecule has 0 aliphatic carbocycles. The van der Waals surface area contributed by atoms with Crippen molar-refractivity contribution in [2.45, 2.75) is 90.1 Å². The summed E-state index contributed by atoms with van der Waals surface area (Å²) in [6, 6.07) is 5.47. The Morgan fingerprint density at radius 1 is 0.938 bits per heavy atom. The maximum atomic E-state index is 12.8. The molecule has 3 N–H and O–H groups in total. The third-order valence-corrected chi connectivity index (χ3v) is 5.81. The number of amides is 2. The summed E-state index contributed by atoms with van der Waals surface area (Å²) in [5.74, 6) is -1.14. The third kappa shape index (κ3) is 9.28. The van der Waals surface area contributed by atoms with Gasteiger partial charge in [0.05, 0.1) is 6.61 Å². The Morgan fingerprint density at radius 2 is 1.53 bits per heavy atom. The molecule has 0 spiro atoms. The summed E-state index contributed by atoms with van der Waals surface area (Å²) in [6.07, 6.45) is 9.10. The van der Waals surface area contributed by atoms with Crippen LogP contribution in [0.2, 0.25) is 0 Å². The van der Waals surface area contributed by atoms with Gasteiger partial charge >= 0.3 is 5.97 Å². The van der Waals surface area contributed by atoms with Crippen LogP contribution < -0.4 is 15.4 Å². The fourth-order valence-electron chi connectivity index (χ4n) is 3.84. The molecule has 0 fully saturated rings. The molecule has 2 heterocycles. The van der Waals surface area contributed by atoms with Gasteiger partial charge in [0.25, 0.3) is 0 Å². The van der Waals surface area contributed by atoms with Gasteiger partial charge in [0.1, 0.15) is 17.8 Å². The number of carboxylic acids is 1. The second kappa shape index (κ2) is 13.8. The zero-order valence-electron chi connectivity index (χ0n) is 19.4. The van der Waals surface area contributed by atoms with Crippen LogP contribution in [0.4, 0.5) is 0 Å². The first kappa shape index (κ1) is 25.7. The molecule has 0 aromatic heterocycles. The average Bonchev–Trinajstić information content (AvgIpc) is 2.75. The second-order valence-electron chi connectivity index (χ2n) is 8.96. The number of carbonyl (C=O) groups is 3. The average molecular weight is 447 g/mol. The highest BCUT2D eigenvalue weighted by Crippen LogP contribution is 2.16. The summed E-state index contributed by atoms with van der Waals surface area (Å²) < 4.78 is 5.79. The van der Waals surface area contributed by atoms with Crippen LogP contribution in [0.5, 0.6) is 5.75 Å². The first-order valence-corrected chi connectivity index (χ1v) is 11.9. The first-order valence-electron chi connectivity index (χ1n) is 11.9. The summed E-state index contributed by atoms with van der Waals surface area (Å²) in [6.45, 7) is 4.34. The molecule has 32 heavy (non-hydrogen) atoms. The van der Waals surface area contributed by atoms with Crippen LogP contribution in [0, 0.1) is 5.92 Å². The summed E-state index contributed by atoms with van der Waals surface area (Å²) in [4.78, 5) is 37.0. The molecule has 7 heteroatoms. The smallest absolute Gasteiger partial charge is 0.326 e. The lowest BCUT2D eigenvalue weighted by molar-refractivity contribution is -0.142. The Labute approximate surface area is 191 Å². The van der Waals surface area contributed by atoms with Gasteiger partial charge in [-0.25, -0.2) is 4.79 Å². The number of hydrogen-bond donors (Lipinski definition) is 3. The lowest BCUT2D eigenvalue weighted by atomic mass is 10.0. The van der Waals surface area contributed by atoms with E-state index in [-0.39, 0.29) is 18.2 Å². The summed E-state index contributed by atoms with van der Waals surface area (Å²) in [5.41, 5.74) is 0.789. The lowest BCUT2D eigenvalue weighted by Crippen LogP contribution is -2.54. The van der Waals surface area contributed by atoms with Crippen LogP contribution in [0.15, 0.2) is 24.3 Å². The van der Waals surface area contributed by atoms with Crippen molar-refractivity contribution in [1.29, 1.82) is 0 Å². The summed E-state index contributed by atoms with van der Waals surface area (Å²) in [5, 5.41) is 15.0. The van der Waals surface area contributed by atoms with Crippen LogP contribution in [0.1, 0.15) is 77.2 Å². The summed E-state index contributed by atoms with van der Waals surface area (Å²) in [7, 11) is 0. The number of hydrogen-bond acceptors (Lipinski definition) is 4. The Kier molecular flexibility index (Phi) is 11.0. The second-order valence-corrected chi connectivity index (χ2v) is 8.96. The zero-order valence-corrected chi connectivity index (χ0v) is 19.4. The maximum Gasteiger partial charge on any atom is 0.326 e. The van der Waals surface area contributed by atoms with Crippen molar-refractivity contribution >= 4 is 17.8 Å². The number of carboxylic acid groups (broad SMARTS) is 1. The van der Waals surface area contributed by atoms with E-state index in [4.69, 9.17) is 4.74 Å². The number of fused-ring (bicyclic) bond motifs is 19. The molecule has 2 aliphatic heterocycles. The predicted octanol–water partition coefficient (Wildman–Crippen LogP) is 3.84.